The molecule has 0 radical (unpaired) electrons. The number of nitrogens with zero attached hydrogens (tertiary/aromatic N) is 2. The predicted molar refractivity (Wildman–Crippen MR) is 121 cm³/mol. The number of piperidine rings is 1. The van der Waals surface area contributed by atoms with Crippen molar-refractivity contribution in [2.45, 2.75) is 51.1 Å². The van der Waals surface area contributed by atoms with Gasteiger partial charge in [0, 0.05) is 13.2 Å². The quantitative estimate of drug-likeness (QED) is 0.672. The molecular weight excluding hydrogens is 455 g/mol. The highest BCUT2D eigenvalue weighted by molar-refractivity contribution is 8.18. The summed E-state index contributed by atoms with van der Waals surface area (Å²) in [6, 6.07) is 4.29. The number of benzene rings is 1. The molecule has 1 amide bonds. The van der Waals surface area contributed by atoms with Crippen molar-refractivity contribution in [3.05, 3.63) is 45.9 Å². The number of allylic oxidation sites excluding steroid dienone is 1. The minimum absolute atomic E-state index is 0.210. The summed E-state index contributed by atoms with van der Waals surface area (Å²) in [5.74, 6) is 0.703. The fourth-order valence-corrected chi connectivity index (χ4v) is 5.21. The van der Waals surface area contributed by atoms with Crippen LogP contribution in [0.1, 0.15) is 36.0 Å². The van der Waals surface area contributed by atoms with Gasteiger partial charge in [0.1, 0.15) is 5.84 Å². The van der Waals surface area contributed by atoms with Gasteiger partial charge in [-0.2, -0.15) is 18.2 Å². The van der Waals surface area contributed by atoms with E-state index in [1.807, 2.05) is 11.0 Å². The maximum absolute atomic E-state index is 13.4. The van der Waals surface area contributed by atoms with E-state index in [2.05, 4.69) is 10.3 Å². The smallest absolute Gasteiger partial charge is 0.389 e. The van der Waals surface area contributed by atoms with Crippen LogP contribution in [-0.4, -0.2) is 59.5 Å². The molecule has 4 rings (SSSR count). The van der Waals surface area contributed by atoms with Crippen molar-refractivity contribution in [1.29, 1.82) is 0 Å². The van der Waals surface area contributed by atoms with Gasteiger partial charge in [-0.05, 0) is 68.6 Å². The van der Waals surface area contributed by atoms with Crippen LogP contribution in [0.4, 0.5) is 18.0 Å². The molecule has 180 valence electrons. The Balaban J connectivity index is 1.36. The number of alkyl halides is 3. The molecule has 2 N–H and O–H groups in total. The number of carbonyl (C=O) groups is 1. The first-order valence-electron chi connectivity index (χ1n) is 11.1. The molecule has 3 aliphatic rings. The number of rotatable bonds is 4. The Bertz CT molecular complexity index is 943. The van der Waals surface area contributed by atoms with Crippen LogP contribution in [0.3, 0.4) is 0 Å². The van der Waals surface area contributed by atoms with Gasteiger partial charge < -0.3 is 15.2 Å². The standard InChI is InChI=1S/C23H28F3N3O3S/c1-14-2-3-16(17(10-14)23(24,25)26)12-29-7-4-15(5-8-29)11-20-21(28-22(31)33-20)27-18-6-9-32-13-19(18)30/h2-3,10-11,15,18-19,30H,4-9,12-13H2,1H3,(H,27,28,31)/b20-11-/t18-,19-/m1/s1. The first-order valence-corrected chi connectivity index (χ1v) is 11.9. The number of aliphatic hydroxyl groups excluding tert-OH is 1. The van der Waals surface area contributed by atoms with Crippen LogP contribution in [0, 0.1) is 12.8 Å². The maximum atomic E-state index is 13.4. The number of amidine groups is 1. The van der Waals surface area contributed by atoms with Gasteiger partial charge in [0.15, 0.2) is 0 Å². The van der Waals surface area contributed by atoms with Gasteiger partial charge in [-0.3, -0.25) is 9.69 Å². The van der Waals surface area contributed by atoms with Crippen LogP contribution in [-0.2, 0) is 17.5 Å². The number of amides is 1. The molecule has 0 aromatic heterocycles. The molecule has 33 heavy (non-hydrogen) atoms. The number of aliphatic hydroxyl groups is 1. The van der Waals surface area contributed by atoms with Crippen LogP contribution >= 0.6 is 11.8 Å². The molecule has 0 bridgehead atoms. The molecule has 0 spiro atoms. The average Bonchev–Trinajstić information content (AvgIpc) is 3.10. The van der Waals surface area contributed by atoms with Crippen LogP contribution in [0.15, 0.2) is 34.2 Å². The van der Waals surface area contributed by atoms with Gasteiger partial charge in [-0.25, -0.2) is 0 Å². The summed E-state index contributed by atoms with van der Waals surface area (Å²) in [5.41, 5.74) is 0.338. The number of carbonyl (C=O) groups excluding carboxylic acids is 1. The molecule has 10 heteroatoms. The van der Waals surface area contributed by atoms with E-state index in [9.17, 15) is 23.1 Å². The van der Waals surface area contributed by atoms with Crippen molar-refractivity contribution in [2.75, 3.05) is 26.3 Å². The molecule has 3 heterocycles. The van der Waals surface area contributed by atoms with E-state index in [1.54, 1.807) is 19.1 Å². The Hall–Kier alpha value is -1.88. The Kier molecular flexibility index (Phi) is 7.47. The molecule has 6 nitrogen and oxygen atoms in total. The van der Waals surface area contributed by atoms with Crippen molar-refractivity contribution in [3.8, 4) is 0 Å². The lowest BCUT2D eigenvalue weighted by Crippen LogP contribution is -2.48. The van der Waals surface area contributed by atoms with E-state index < -0.39 is 17.8 Å². The number of nitrogens with one attached hydrogen (secondary N) is 1. The Morgan fingerprint density at radius 2 is 2.06 bits per heavy atom. The zero-order valence-corrected chi connectivity index (χ0v) is 19.2. The number of likely N-dealkylation sites (tertiary alicyclic amines) is 1. The average molecular weight is 484 g/mol. The largest absolute Gasteiger partial charge is 0.416 e. The van der Waals surface area contributed by atoms with Crippen molar-refractivity contribution < 1.29 is 27.8 Å². The Morgan fingerprint density at radius 3 is 2.76 bits per heavy atom. The molecule has 0 unspecified atom stereocenters. The molecule has 1 aromatic carbocycles. The van der Waals surface area contributed by atoms with Crippen LogP contribution in [0.25, 0.3) is 0 Å². The highest BCUT2D eigenvalue weighted by Crippen LogP contribution is 2.35. The van der Waals surface area contributed by atoms with Crippen molar-refractivity contribution in [1.82, 2.24) is 10.2 Å². The summed E-state index contributed by atoms with van der Waals surface area (Å²) in [6.07, 6.45) is -0.773. The van der Waals surface area contributed by atoms with Crippen LogP contribution in [0.5, 0.6) is 0 Å². The summed E-state index contributed by atoms with van der Waals surface area (Å²) < 4.78 is 45.6. The van der Waals surface area contributed by atoms with E-state index in [4.69, 9.17) is 4.74 Å². The van der Waals surface area contributed by atoms with Gasteiger partial charge in [-0.1, -0.05) is 23.8 Å². The molecule has 2 fully saturated rings. The fraction of sp³-hybridized carbons (Fsp3) is 0.565. The Labute approximate surface area is 195 Å². The number of halogens is 3. The number of ether oxygens (including phenoxy) is 1. The van der Waals surface area contributed by atoms with Crippen LogP contribution < -0.4 is 5.32 Å². The zero-order valence-electron chi connectivity index (χ0n) is 18.4. The second kappa shape index (κ2) is 10.2. The maximum Gasteiger partial charge on any atom is 0.416 e. The minimum atomic E-state index is -4.36. The Morgan fingerprint density at radius 1 is 1.30 bits per heavy atom. The predicted octanol–water partition coefficient (Wildman–Crippen LogP) is 4.11. The van der Waals surface area contributed by atoms with Gasteiger partial charge in [0.2, 0.25) is 0 Å². The van der Waals surface area contributed by atoms with E-state index in [-0.39, 0.29) is 30.4 Å². The number of thioether (sulfide) groups is 1. The first-order chi connectivity index (χ1) is 15.7. The van der Waals surface area contributed by atoms with Gasteiger partial charge in [0.05, 0.1) is 29.2 Å². The monoisotopic (exact) mass is 483 g/mol. The lowest BCUT2D eigenvalue weighted by molar-refractivity contribution is -0.138. The van der Waals surface area contributed by atoms with Crippen molar-refractivity contribution in [2.24, 2.45) is 10.9 Å². The second-order valence-corrected chi connectivity index (χ2v) is 9.81. The van der Waals surface area contributed by atoms with Crippen molar-refractivity contribution in [3.63, 3.8) is 0 Å². The third-order valence-corrected chi connectivity index (χ3v) is 7.08. The van der Waals surface area contributed by atoms with E-state index in [1.165, 1.54) is 6.07 Å². The zero-order chi connectivity index (χ0) is 23.6. The normalized spacial score (nSPS) is 26.6. The molecular formula is C23H28F3N3O3S. The SMILES string of the molecule is Cc1ccc(CN2CCC(/C=C3\SC(=O)N=C3N[C@@H]3CCOC[C@H]3O)CC2)c(C(F)(F)F)c1. The number of hydrogen-bond donors (Lipinski definition) is 2. The molecule has 2 atom stereocenters. The van der Waals surface area contributed by atoms with Gasteiger partial charge in [-0.15, -0.1) is 0 Å². The summed E-state index contributed by atoms with van der Waals surface area (Å²) >= 11 is 1.07. The number of hydrogen-bond acceptors (Lipinski definition) is 6. The summed E-state index contributed by atoms with van der Waals surface area (Å²) in [6.45, 7) is 4.08. The summed E-state index contributed by atoms with van der Waals surface area (Å²) in [7, 11) is 0. The molecule has 2 saturated heterocycles. The summed E-state index contributed by atoms with van der Waals surface area (Å²) in [4.78, 5) is 18.8. The highest BCUT2D eigenvalue weighted by Gasteiger charge is 2.34. The van der Waals surface area contributed by atoms with E-state index in [0.717, 1.165) is 29.5 Å². The van der Waals surface area contributed by atoms with Crippen LogP contribution in [0.2, 0.25) is 0 Å². The fourth-order valence-electron chi connectivity index (χ4n) is 4.42. The molecule has 0 saturated carbocycles. The topological polar surface area (TPSA) is 74.2 Å². The summed E-state index contributed by atoms with van der Waals surface area (Å²) in [5, 5.41) is 13.0. The lowest BCUT2D eigenvalue weighted by Gasteiger charge is -2.32. The third kappa shape index (κ3) is 6.17. The number of aliphatic imine (C=N–C) groups is 1. The minimum Gasteiger partial charge on any atom is -0.389 e. The lowest BCUT2D eigenvalue weighted by atomic mass is 9.95. The van der Waals surface area contributed by atoms with Gasteiger partial charge in [0.25, 0.3) is 0 Å². The van der Waals surface area contributed by atoms with Crippen molar-refractivity contribution >= 4 is 22.8 Å². The highest BCUT2D eigenvalue weighted by atomic mass is 32.2. The van der Waals surface area contributed by atoms with E-state index in [0.29, 0.717) is 43.1 Å². The van der Waals surface area contributed by atoms with Gasteiger partial charge >= 0.3 is 11.4 Å². The van der Waals surface area contributed by atoms with E-state index >= 15 is 0 Å². The molecule has 0 aliphatic carbocycles. The third-order valence-electron chi connectivity index (χ3n) is 6.27. The number of aryl methyl sites for hydroxylation is 1. The second-order valence-electron chi connectivity index (χ2n) is 8.81. The first kappa shape index (κ1) is 24.3. The molecule has 3 aliphatic heterocycles. The molecule has 1 aromatic rings.